The predicted molar refractivity (Wildman–Crippen MR) is 86.3 cm³/mol. The average Bonchev–Trinajstić information content (AvgIpc) is 3.14. The second-order valence-electron chi connectivity index (χ2n) is 5.05. The Labute approximate surface area is 131 Å². The Morgan fingerprint density at radius 2 is 1.91 bits per heavy atom. The van der Waals surface area contributed by atoms with Gasteiger partial charge in [-0.25, -0.2) is 4.98 Å². The molecule has 112 valence electrons. The zero-order valence-electron chi connectivity index (χ0n) is 12.2. The fourth-order valence-electron chi connectivity index (χ4n) is 2.16. The van der Waals surface area contributed by atoms with Crippen molar-refractivity contribution in [3.05, 3.63) is 52.0 Å². The van der Waals surface area contributed by atoms with E-state index in [1.54, 1.807) is 12.1 Å². The summed E-state index contributed by atoms with van der Waals surface area (Å²) in [4.78, 5) is 32.3. The van der Waals surface area contributed by atoms with Crippen LogP contribution in [0.4, 0.5) is 0 Å². The highest BCUT2D eigenvalue weighted by Crippen LogP contribution is 2.19. The second-order valence-corrected chi connectivity index (χ2v) is 6.14. The molecule has 0 spiro atoms. The van der Waals surface area contributed by atoms with E-state index in [0.717, 1.165) is 11.0 Å². The second kappa shape index (κ2) is 5.73. The SMILES string of the molecule is CC(=O)c1ccc(C(=O)N[C@H](C)c2nc3ccccc3[nH]2)s1. The van der Waals surface area contributed by atoms with Crippen molar-refractivity contribution >= 4 is 34.1 Å². The van der Waals surface area contributed by atoms with E-state index in [0.29, 0.717) is 15.6 Å². The molecule has 1 amide bonds. The van der Waals surface area contributed by atoms with E-state index in [4.69, 9.17) is 0 Å². The van der Waals surface area contributed by atoms with Gasteiger partial charge >= 0.3 is 0 Å². The van der Waals surface area contributed by atoms with E-state index in [-0.39, 0.29) is 17.7 Å². The summed E-state index contributed by atoms with van der Waals surface area (Å²) in [6, 6.07) is 10.8. The van der Waals surface area contributed by atoms with Crippen molar-refractivity contribution in [3.8, 4) is 0 Å². The molecule has 0 aliphatic heterocycles. The third kappa shape index (κ3) is 2.78. The number of nitrogens with zero attached hydrogens (tertiary/aromatic N) is 1. The van der Waals surface area contributed by atoms with Crippen LogP contribution in [0.15, 0.2) is 36.4 Å². The molecule has 0 aliphatic carbocycles. The van der Waals surface area contributed by atoms with Crippen molar-refractivity contribution in [2.24, 2.45) is 0 Å². The first kappa shape index (κ1) is 14.5. The quantitative estimate of drug-likeness (QED) is 0.726. The van der Waals surface area contributed by atoms with Gasteiger partial charge in [0.2, 0.25) is 0 Å². The molecule has 1 aromatic carbocycles. The van der Waals surface area contributed by atoms with Gasteiger partial charge in [-0.05, 0) is 38.1 Å². The Morgan fingerprint density at radius 1 is 1.18 bits per heavy atom. The van der Waals surface area contributed by atoms with Crippen molar-refractivity contribution < 1.29 is 9.59 Å². The number of hydrogen-bond donors (Lipinski definition) is 2. The maximum atomic E-state index is 12.2. The van der Waals surface area contributed by atoms with Crippen LogP contribution in [-0.4, -0.2) is 21.7 Å². The van der Waals surface area contributed by atoms with E-state index in [2.05, 4.69) is 15.3 Å². The molecule has 5 nitrogen and oxygen atoms in total. The van der Waals surface area contributed by atoms with Gasteiger partial charge in [-0.3, -0.25) is 9.59 Å². The highest BCUT2D eigenvalue weighted by molar-refractivity contribution is 7.15. The number of H-pyrrole nitrogens is 1. The van der Waals surface area contributed by atoms with Gasteiger partial charge in [0.15, 0.2) is 5.78 Å². The number of thiophene rings is 1. The topological polar surface area (TPSA) is 74.8 Å². The monoisotopic (exact) mass is 313 g/mol. The van der Waals surface area contributed by atoms with Gasteiger partial charge in [0.05, 0.1) is 26.8 Å². The first-order valence-electron chi connectivity index (χ1n) is 6.91. The number of amides is 1. The molecule has 22 heavy (non-hydrogen) atoms. The number of benzene rings is 1. The Balaban J connectivity index is 1.76. The third-order valence-electron chi connectivity index (χ3n) is 3.34. The number of nitrogens with one attached hydrogen (secondary N) is 2. The minimum absolute atomic E-state index is 0.0330. The standard InChI is InChI=1S/C16H15N3O2S/c1-9(15-18-11-5-3-4-6-12(11)19-15)17-16(21)14-8-7-13(22-14)10(2)20/h3-9H,1-2H3,(H,17,21)(H,18,19)/t9-/m1/s1. The molecule has 2 aromatic heterocycles. The van der Waals surface area contributed by atoms with E-state index in [1.165, 1.54) is 18.3 Å². The summed E-state index contributed by atoms with van der Waals surface area (Å²) < 4.78 is 0. The molecule has 6 heteroatoms. The minimum Gasteiger partial charge on any atom is -0.342 e. The van der Waals surface area contributed by atoms with Gasteiger partial charge in [0, 0.05) is 0 Å². The number of fused-ring (bicyclic) bond motifs is 1. The first-order valence-corrected chi connectivity index (χ1v) is 7.72. The summed E-state index contributed by atoms with van der Waals surface area (Å²) in [6.45, 7) is 3.36. The Bertz CT molecular complexity index is 817. The van der Waals surface area contributed by atoms with E-state index >= 15 is 0 Å². The number of Topliss-reactive ketones (excluding diaryl/α,β-unsaturated/α-hetero) is 1. The van der Waals surface area contributed by atoms with Crippen LogP contribution in [-0.2, 0) is 0 Å². The lowest BCUT2D eigenvalue weighted by atomic mass is 10.3. The molecule has 3 rings (SSSR count). The summed E-state index contributed by atoms with van der Waals surface area (Å²) in [5.41, 5.74) is 1.81. The fraction of sp³-hybridized carbons (Fsp3) is 0.188. The summed E-state index contributed by atoms with van der Waals surface area (Å²) in [5, 5.41) is 2.89. The number of rotatable bonds is 4. The van der Waals surface area contributed by atoms with Gasteiger partial charge in [-0.15, -0.1) is 11.3 Å². The molecule has 0 fully saturated rings. The van der Waals surface area contributed by atoms with Crippen LogP contribution in [0.2, 0.25) is 0 Å². The maximum absolute atomic E-state index is 12.2. The highest BCUT2D eigenvalue weighted by atomic mass is 32.1. The van der Waals surface area contributed by atoms with Crippen molar-refractivity contribution in [3.63, 3.8) is 0 Å². The largest absolute Gasteiger partial charge is 0.342 e. The van der Waals surface area contributed by atoms with Crippen molar-refractivity contribution in [2.45, 2.75) is 19.9 Å². The molecule has 0 unspecified atom stereocenters. The molecule has 0 aliphatic rings. The Morgan fingerprint density at radius 3 is 2.59 bits per heavy atom. The molecule has 0 radical (unpaired) electrons. The van der Waals surface area contributed by atoms with E-state index in [9.17, 15) is 9.59 Å². The summed E-state index contributed by atoms with van der Waals surface area (Å²) >= 11 is 1.20. The molecule has 0 saturated carbocycles. The van der Waals surface area contributed by atoms with Gasteiger partial charge in [0.1, 0.15) is 5.82 Å². The van der Waals surface area contributed by atoms with Crippen LogP contribution in [0.5, 0.6) is 0 Å². The smallest absolute Gasteiger partial charge is 0.261 e. The number of para-hydroxylation sites is 2. The van der Waals surface area contributed by atoms with Crippen LogP contribution >= 0.6 is 11.3 Å². The van der Waals surface area contributed by atoms with Gasteiger partial charge in [-0.1, -0.05) is 12.1 Å². The lowest BCUT2D eigenvalue weighted by molar-refractivity contribution is 0.0942. The van der Waals surface area contributed by atoms with Gasteiger partial charge in [0.25, 0.3) is 5.91 Å². The van der Waals surface area contributed by atoms with Gasteiger partial charge in [-0.2, -0.15) is 0 Å². The number of carbonyl (C=O) groups excluding carboxylic acids is 2. The highest BCUT2D eigenvalue weighted by Gasteiger charge is 2.16. The number of carbonyl (C=O) groups is 2. The normalized spacial score (nSPS) is 12.3. The van der Waals surface area contributed by atoms with Crippen LogP contribution in [0.1, 0.15) is 45.1 Å². The number of hydrogen-bond acceptors (Lipinski definition) is 4. The molecule has 0 saturated heterocycles. The van der Waals surface area contributed by atoms with Gasteiger partial charge < -0.3 is 10.3 Å². The van der Waals surface area contributed by atoms with Crippen molar-refractivity contribution in [1.82, 2.24) is 15.3 Å². The first-order chi connectivity index (χ1) is 10.5. The molecule has 2 heterocycles. The minimum atomic E-state index is -0.247. The number of aromatic nitrogens is 2. The molecule has 2 N–H and O–H groups in total. The summed E-state index contributed by atoms with van der Waals surface area (Å²) in [6.07, 6.45) is 0. The predicted octanol–water partition coefficient (Wildman–Crippen LogP) is 3.32. The fourth-order valence-corrected chi connectivity index (χ4v) is 2.97. The zero-order chi connectivity index (χ0) is 15.7. The lowest BCUT2D eigenvalue weighted by Gasteiger charge is -2.10. The molecule has 0 bridgehead atoms. The number of ketones is 1. The number of imidazole rings is 1. The Hall–Kier alpha value is -2.47. The Kier molecular flexibility index (Phi) is 3.77. The van der Waals surface area contributed by atoms with Crippen LogP contribution in [0.25, 0.3) is 11.0 Å². The lowest BCUT2D eigenvalue weighted by Crippen LogP contribution is -2.26. The summed E-state index contributed by atoms with van der Waals surface area (Å²) in [5.74, 6) is 0.470. The summed E-state index contributed by atoms with van der Waals surface area (Å²) in [7, 11) is 0. The van der Waals surface area contributed by atoms with Crippen molar-refractivity contribution in [1.29, 1.82) is 0 Å². The van der Waals surface area contributed by atoms with Crippen molar-refractivity contribution in [2.75, 3.05) is 0 Å². The maximum Gasteiger partial charge on any atom is 0.261 e. The molecular formula is C16H15N3O2S. The zero-order valence-corrected chi connectivity index (χ0v) is 13.0. The van der Waals surface area contributed by atoms with E-state index in [1.807, 2.05) is 31.2 Å². The third-order valence-corrected chi connectivity index (χ3v) is 4.53. The average molecular weight is 313 g/mol. The van der Waals surface area contributed by atoms with E-state index < -0.39 is 0 Å². The molecule has 3 aromatic rings. The molecular weight excluding hydrogens is 298 g/mol. The van der Waals surface area contributed by atoms with Crippen LogP contribution < -0.4 is 5.32 Å². The van der Waals surface area contributed by atoms with Crippen LogP contribution in [0, 0.1) is 0 Å². The number of aromatic amines is 1. The van der Waals surface area contributed by atoms with Crippen LogP contribution in [0.3, 0.4) is 0 Å². The molecule has 1 atom stereocenters.